The lowest BCUT2D eigenvalue weighted by Crippen LogP contribution is -2.26. The first-order chi connectivity index (χ1) is 8.90. The van der Waals surface area contributed by atoms with E-state index in [2.05, 4.69) is 69.8 Å². The summed E-state index contributed by atoms with van der Waals surface area (Å²) >= 11 is 0. The average Bonchev–Trinajstić information content (AvgIpc) is 2.37. The molecule has 0 bridgehead atoms. The van der Waals surface area contributed by atoms with Crippen molar-refractivity contribution in [2.24, 2.45) is 5.41 Å². The molecule has 1 unspecified atom stereocenters. The van der Waals surface area contributed by atoms with Gasteiger partial charge in [0.2, 0.25) is 0 Å². The van der Waals surface area contributed by atoms with Crippen molar-refractivity contribution in [2.45, 2.75) is 60.3 Å². The van der Waals surface area contributed by atoms with Crippen LogP contribution in [0.3, 0.4) is 0 Å². The summed E-state index contributed by atoms with van der Waals surface area (Å²) in [4.78, 5) is 7.06. The first-order valence-corrected chi connectivity index (χ1v) is 7.61. The highest BCUT2D eigenvalue weighted by atomic mass is 15.2. The van der Waals surface area contributed by atoms with Crippen LogP contribution in [0.5, 0.6) is 0 Å². The van der Waals surface area contributed by atoms with Gasteiger partial charge in [0.05, 0.1) is 0 Å². The molecule has 0 saturated carbocycles. The van der Waals surface area contributed by atoms with Crippen LogP contribution in [-0.2, 0) is 0 Å². The first kappa shape index (κ1) is 16.0. The van der Waals surface area contributed by atoms with Crippen molar-refractivity contribution in [3.05, 3.63) is 23.9 Å². The van der Waals surface area contributed by atoms with Crippen LogP contribution in [0.15, 0.2) is 18.3 Å². The molecule has 0 radical (unpaired) electrons. The van der Waals surface area contributed by atoms with E-state index in [1.165, 1.54) is 18.4 Å². The Labute approximate surface area is 119 Å². The van der Waals surface area contributed by atoms with Crippen LogP contribution in [-0.4, -0.2) is 18.1 Å². The molecule has 0 aliphatic carbocycles. The summed E-state index contributed by atoms with van der Waals surface area (Å²) in [5.41, 5.74) is 1.62. The fraction of sp³-hybridized carbons (Fsp3) is 0.706. The molecule has 0 spiro atoms. The van der Waals surface area contributed by atoms with Crippen LogP contribution in [0.4, 0.5) is 5.82 Å². The third-order valence-corrected chi connectivity index (χ3v) is 3.88. The van der Waals surface area contributed by atoms with Crippen LogP contribution in [0.1, 0.15) is 65.9 Å². The minimum atomic E-state index is 0.287. The lowest BCUT2D eigenvalue weighted by molar-refractivity contribution is 0.339. The molecule has 0 aliphatic heterocycles. The summed E-state index contributed by atoms with van der Waals surface area (Å²) in [6, 6.07) is 4.43. The zero-order valence-electron chi connectivity index (χ0n) is 13.5. The Kier molecular flexibility index (Phi) is 5.84. The monoisotopic (exact) mass is 262 g/mol. The highest BCUT2D eigenvalue weighted by Gasteiger charge is 2.22. The number of nitrogens with zero attached hydrogens (tertiary/aromatic N) is 2. The summed E-state index contributed by atoms with van der Waals surface area (Å²) in [6.07, 6.45) is 4.40. The van der Waals surface area contributed by atoms with E-state index in [-0.39, 0.29) is 5.41 Å². The minimum Gasteiger partial charge on any atom is -0.357 e. The van der Waals surface area contributed by atoms with Gasteiger partial charge in [-0.05, 0) is 35.8 Å². The normalized spacial score (nSPS) is 13.4. The molecule has 0 fully saturated rings. The highest BCUT2D eigenvalue weighted by Crippen LogP contribution is 2.34. The van der Waals surface area contributed by atoms with Crippen LogP contribution < -0.4 is 4.90 Å². The number of aromatic nitrogens is 1. The van der Waals surface area contributed by atoms with E-state index in [0.717, 1.165) is 18.9 Å². The lowest BCUT2D eigenvalue weighted by atomic mass is 9.78. The molecular formula is C17H30N2. The molecule has 1 aromatic rings. The van der Waals surface area contributed by atoms with E-state index in [4.69, 9.17) is 0 Å². The standard InChI is InChI=1S/C17H30N2/c1-7-11-19(12-8-2)16-10-9-15(13-18-16)14(3)17(4,5)6/h9-10,13-14H,7-8,11-12H2,1-6H3. The molecule has 1 atom stereocenters. The van der Waals surface area contributed by atoms with Crippen molar-refractivity contribution in [3.63, 3.8) is 0 Å². The summed E-state index contributed by atoms with van der Waals surface area (Å²) in [5, 5.41) is 0. The van der Waals surface area contributed by atoms with Crippen molar-refractivity contribution >= 4 is 5.82 Å². The Morgan fingerprint density at radius 3 is 2.05 bits per heavy atom. The van der Waals surface area contributed by atoms with Gasteiger partial charge in [-0.2, -0.15) is 0 Å². The van der Waals surface area contributed by atoms with Crippen LogP contribution in [0.2, 0.25) is 0 Å². The second-order valence-electron chi connectivity index (χ2n) is 6.52. The molecule has 108 valence electrons. The van der Waals surface area contributed by atoms with E-state index in [9.17, 15) is 0 Å². The fourth-order valence-corrected chi connectivity index (χ4v) is 2.22. The van der Waals surface area contributed by atoms with Crippen LogP contribution in [0, 0.1) is 5.41 Å². The number of hydrogen-bond acceptors (Lipinski definition) is 2. The van der Waals surface area contributed by atoms with Crippen molar-refractivity contribution < 1.29 is 0 Å². The summed E-state index contributed by atoms with van der Waals surface area (Å²) in [5.74, 6) is 1.65. The van der Waals surface area contributed by atoms with E-state index >= 15 is 0 Å². The number of anilines is 1. The van der Waals surface area contributed by atoms with Gasteiger partial charge >= 0.3 is 0 Å². The smallest absolute Gasteiger partial charge is 0.128 e. The quantitative estimate of drug-likeness (QED) is 0.728. The highest BCUT2D eigenvalue weighted by molar-refractivity contribution is 5.40. The molecule has 19 heavy (non-hydrogen) atoms. The maximum atomic E-state index is 4.68. The van der Waals surface area contributed by atoms with Crippen molar-refractivity contribution in [1.29, 1.82) is 0 Å². The molecular weight excluding hydrogens is 232 g/mol. The van der Waals surface area contributed by atoms with Gasteiger partial charge in [0, 0.05) is 19.3 Å². The lowest BCUT2D eigenvalue weighted by Gasteiger charge is -2.28. The molecule has 1 heterocycles. The third kappa shape index (κ3) is 4.52. The zero-order valence-corrected chi connectivity index (χ0v) is 13.5. The zero-order chi connectivity index (χ0) is 14.5. The van der Waals surface area contributed by atoms with Gasteiger partial charge in [-0.25, -0.2) is 4.98 Å². The Morgan fingerprint density at radius 1 is 1.11 bits per heavy atom. The fourth-order valence-electron chi connectivity index (χ4n) is 2.22. The summed E-state index contributed by atoms with van der Waals surface area (Å²) < 4.78 is 0. The van der Waals surface area contributed by atoms with Gasteiger partial charge in [-0.1, -0.05) is 47.6 Å². The van der Waals surface area contributed by atoms with E-state index in [1.807, 2.05) is 0 Å². The molecule has 2 nitrogen and oxygen atoms in total. The molecule has 2 heteroatoms. The minimum absolute atomic E-state index is 0.287. The second-order valence-corrected chi connectivity index (χ2v) is 6.52. The maximum absolute atomic E-state index is 4.68. The predicted molar refractivity (Wildman–Crippen MR) is 84.9 cm³/mol. The molecule has 1 rings (SSSR count). The number of pyridine rings is 1. The maximum Gasteiger partial charge on any atom is 0.128 e. The average molecular weight is 262 g/mol. The van der Waals surface area contributed by atoms with Gasteiger partial charge in [-0.3, -0.25) is 0 Å². The Balaban J connectivity index is 2.85. The van der Waals surface area contributed by atoms with Crippen molar-refractivity contribution in [1.82, 2.24) is 4.98 Å². The number of hydrogen-bond donors (Lipinski definition) is 0. The number of rotatable bonds is 6. The molecule has 0 N–H and O–H groups in total. The van der Waals surface area contributed by atoms with E-state index in [1.54, 1.807) is 0 Å². The Bertz CT molecular complexity index is 356. The van der Waals surface area contributed by atoms with Gasteiger partial charge in [0.25, 0.3) is 0 Å². The predicted octanol–water partition coefficient (Wildman–Crippen LogP) is 4.86. The molecule has 0 aliphatic rings. The molecule has 0 aromatic carbocycles. The third-order valence-electron chi connectivity index (χ3n) is 3.88. The van der Waals surface area contributed by atoms with Gasteiger partial charge < -0.3 is 4.90 Å². The molecule has 1 aromatic heterocycles. The second kappa shape index (κ2) is 6.93. The van der Waals surface area contributed by atoms with Gasteiger partial charge in [0.1, 0.15) is 5.82 Å². The summed E-state index contributed by atoms with van der Waals surface area (Å²) in [7, 11) is 0. The SMILES string of the molecule is CCCN(CCC)c1ccc(C(C)C(C)(C)C)cn1. The summed E-state index contributed by atoms with van der Waals surface area (Å²) in [6.45, 7) is 15.8. The van der Waals surface area contributed by atoms with Crippen molar-refractivity contribution in [2.75, 3.05) is 18.0 Å². The Morgan fingerprint density at radius 2 is 1.68 bits per heavy atom. The Hall–Kier alpha value is -1.05. The van der Waals surface area contributed by atoms with Crippen LogP contribution >= 0.6 is 0 Å². The first-order valence-electron chi connectivity index (χ1n) is 7.61. The topological polar surface area (TPSA) is 16.1 Å². The van der Waals surface area contributed by atoms with Crippen molar-refractivity contribution in [3.8, 4) is 0 Å². The van der Waals surface area contributed by atoms with Crippen LogP contribution in [0.25, 0.3) is 0 Å². The molecule has 0 amide bonds. The van der Waals surface area contributed by atoms with E-state index < -0.39 is 0 Å². The van der Waals surface area contributed by atoms with Gasteiger partial charge in [0.15, 0.2) is 0 Å². The van der Waals surface area contributed by atoms with Gasteiger partial charge in [-0.15, -0.1) is 0 Å². The molecule has 0 saturated heterocycles. The largest absolute Gasteiger partial charge is 0.357 e. The van der Waals surface area contributed by atoms with E-state index in [0.29, 0.717) is 5.92 Å².